The Hall–Kier alpha value is -0.810. The average Bonchev–Trinajstić information content (AvgIpc) is 2.41. The van der Waals surface area contributed by atoms with Crippen LogP contribution in [0.15, 0.2) is 0 Å². The molecule has 0 aromatic carbocycles. The van der Waals surface area contributed by atoms with Crippen molar-refractivity contribution in [1.82, 2.24) is 0 Å². The topological polar surface area (TPSA) is 174 Å². The van der Waals surface area contributed by atoms with Gasteiger partial charge < -0.3 is 41.1 Å². The molecule has 1 aliphatic rings. The van der Waals surface area contributed by atoms with Gasteiger partial charge in [-0.05, 0) is 6.42 Å². The number of rotatable bonds is 5. The second-order valence-corrected chi connectivity index (χ2v) is 4.91. The fourth-order valence-electron chi connectivity index (χ4n) is 2.42. The van der Waals surface area contributed by atoms with Crippen LogP contribution in [-0.2, 0) is 9.53 Å². The Bertz CT molecular complexity index is 353. The van der Waals surface area contributed by atoms with Crippen molar-refractivity contribution in [2.75, 3.05) is 6.61 Å². The third kappa shape index (κ3) is 2.79. The zero-order valence-corrected chi connectivity index (χ0v) is 11.0. The first-order valence-electron chi connectivity index (χ1n) is 6.24. The van der Waals surface area contributed by atoms with Crippen LogP contribution in [0, 0.1) is 5.92 Å². The molecule has 0 aliphatic carbocycles. The van der Waals surface area contributed by atoms with Gasteiger partial charge in [-0.15, -0.1) is 0 Å². The van der Waals surface area contributed by atoms with Crippen molar-refractivity contribution in [2.45, 2.75) is 49.6 Å². The fourth-order valence-corrected chi connectivity index (χ4v) is 2.42. The van der Waals surface area contributed by atoms with Crippen LogP contribution >= 0.6 is 0 Å². The zero-order valence-electron chi connectivity index (χ0n) is 11.0. The van der Waals surface area contributed by atoms with Crippen LogP contribution in [0.2, 0.25) is 0 Å². The van der Waals surface area contributed by atoms with Gasteiger partial charge in [0.2, 0.25) is 0 Å². The molecule has 1 aliphatic heterocycles. The van der Waals surface area contributed by atoms with E-state index in [9.17, 15) is 25.2 Å². The first kappa shape index (κ1) is 17.2. The number of hydrogen-bond donors (Lipinski definition) is 7. The summed E-state index contributed by atoms with van der Waals surface area (Å²) < 4.78 is 4.96. The molecule has 0 aromatic rings. The number of carboxylic acids is 1. The van der Waals surface area contributed by atoms with Crippen molar-refractivity contribution < 1.29 is 40.2 Å². The lowest BCUT2D eigenvalue weighted by atomic mass is 9.79. The third-order valence-electron chi connectivity index (χ3n) is 3.67. The average molecular weight is 295 g/mol. The highest BCUT2D eigenvalue weighted by Gasteiger charge is 2.58. The van der Waals surface area contributed by atoms with Crippen molar-refractivity contribution in [3.63, 3.8) is 0 Å². The van der Waals surface area contributed by atoms with E-state index in [0.717, 1.165) is 0 Å². The van der Waals surface area contributed by atoms with Gasteiger partial charge in [0.25, 0.3) is 5.79 Å². The van der Waals surface area contributed by atoms with Crippen LogP contribution in [0.3, 0.4) is 0 Å². The summed E-state index contributed by atoms with van der Waals surface area (Å²) in [5.74, 6) is -5.65. The van der Waals surface area contributed by atoms with Gasteiger partial charge in [-0.3, -0.25) is 0 Å². The first-order chi connectivity index (χ1) is 9.20. The molecule has 0 bridgehead atoms. The predicted octanol–water partition coefficient (Wildman–Crippen LogP) is -3.41. The van der Waals surface area contributed by atoms with Crippen molar-refractivity contribution >= 4 is 5.97 Å². The molecule has 1 saturated heterocycles. The molecule has 0 spiro atoms. The van der Waals surface area contributed by atoms with Gasteiger partial charge in [0.15, 0.2) is 0 Å². The minimum atomic E-state index is -2.73. The molecular formula is C11H21NO8. The maximum absolute atomic E-state index is 11.2. The molecule has 0 amide bonds. The predicted molar refractivity (Wildman–Crippen MR) is 64.3 cm³/mol. The van der Waals surface area contributed by atoms with Crippen LogP contribution in [0.25, 0.3) is 0 Å². The highest BCUT2D eigenvalue weighted by molar-refractivity contribution is 5.76. The molecule has 0 aromatic heterocycles. The van der Waals surface area contributed by atoms with Crippen molar-refractivity contribution in [3.8, 4) is 0 Å². The lowest BCUT2D eigenvalue weighted by Gasteiger charge is -2.47. The molecule has 0 radical (unpaired) electrons. The molecule has 8 N–H and O–H groups in total. The molecule has 118 valence electrons. The Balaban J connectivity index is 3.09. The standard InChI is InChI=1S/C11H21NO8/c1-2-4-7(15)6(12)9(8(16)5(14)3-13)20-11(4,19)10(17)18/h4-9,13-16,19H,2-3,12H2,1H3,(H,17,18)/t4?,5-,6-,7+,8-,9-,11?/m1/s1. The number of carboxylic acid groups (broad SMARTS) is 1. The van der Waals surface area contributed by atoms with E-state index in [0.29, 0.717) is 0 Å². The lowest BCUT2D eigenvalue weighted by molar-refractivity contribution is -0.318. The lowest BCUT2D eigenvalue weighted by Crippen LogP contribution is -2.70. The van der Waals surface area contributed by atoms with E-state index in [1.54, 1.807) is 0 Å². The highest BCUT2D eigenvalue weighted by Crippen LogP contribution is 2.36. The van der Waals surface area contributed by atoms with Crippen LogP contribution < -0.4 is 5.73 Å². The molecule has 2 unspecified atom stereocenters. The van der Waals surface area contributed by atoms with Crippen LogP contribution in [0.5, 0.6) is 0 Å². The number of aliphatic hydroxyl groups excluding tert-OH is 4. The van der Waals surface area contributed by atoms with Gasteiger partial charge in [0.1, 0.15) is 18.3 Å². The SMILES string of the molecule is CCC1[C@H](O)[C@@H](N)[C@H]([C@H](O)[C@H](O)CO)OC1(O)C(=O)O. The largest absolute Gasteiger partial charge is 0.477 e. The van der Waals surface area contributed by atoms with E-state index in [2.05, 4.69) is 0 Å². The molecule has 9 nitrogen and oxygen atoms in total. The molecule has 1 heterocycles. The third-order valence-corrected chi connectivity index (χ3v) is 3.67. The molecular weight excluding hydrogens is 274 g/mol. The minimum Gasteiger partial charge on any atom is -0.477 e. The molecule has 9 heteroatoms. The van der Waals surface area contributed by atoms with Gasteiger partial charge in [0.05, 0.1) is 24.7 Å². The zero-order chi connectivity index (χ0) is 15.7. The number of nitrogens with two attached hydrogens (primary N) is 1. The normalized spacial score (nSPS) is 41.1. The van der Waals surface area contributed by atoms with Gasteiger partial charge >= 0.3 is 5.97 Å². The maximum atomic E-state index is 11.2. The number of aliphatic hydroxyl groups is 5. The summed E-state index contributed by atoms with van der Waals surface area (Å²) in [5.41, 5.74) is 5.67. The van der Waals surface area contributed by atoms with Gasteiger partial charge in [-0.2, -0.15) is 0 Å². The molecule has 20 heavy (non-hydrogen) atoms. The Kier molecular flexibility index (Phi) is 5.44. The van der Waals surface area contributed by atoms with Crippen LogP contribution in [0.1, 0.15) is 13.3 Å². The minimum absolute atomic E-state index is 0.0725. The number of carbonyl (C=O) groups is 1. The Morgan fingerprint density at radius 1 is 1.45 bits per heavy atom. The fraction of sp³-hybridized carbons (Fsp3) is 0.909. The Morgan fingerprint density at radius 3 is 2.40 bits per heavy atom. The van der Waals surface area contributed by atoms with Gasteiger partial charge in [0, 0.05) is 0 Å². The maximum Gasteiger partial charge on any atom is 0.364 e. The number of hydrogen-bond acceptors (Lipinski definition) is 8. The Morgan fingerprint density at radius 2 is 2.00 bits per heavy atom. The second-order valence-electron chi connectivity index (χ2n) is 4.91. The van der Waals surface area contributed by atoms with Crippen LogP contribution in [0.4, 0.5) is 0 Å². The number of aliphatic carboxylic acids is 1. The molecule has 0 saturated carbocycles. The van der Waals surface area contributed by atoms with E-state index < -0.39 is 54.7 Å². The summed E-state index contributed by atoms with van der Waals surface area (Å²) >= 11 is 0. The van der Waals surface area contributed by atoms with E-state index in [1.165, 1.54) is 6.92 Å². The summed E-state index contributed by atoms with van der Waals surface area (Å²) in [6, 6.07) is -1.23. The van der Waals surface area contributed by atoms with Gasteiger partial charge in [-0.1, -0.05) is 6.92 Å². The van der Waals surface area contributed by atoms with E-state index in [1.807, 2.05) is 0 Å². The monoisotopic (exact) mass is 295 g/mol. The quantitative estimate of drug-likeness (QED) is 0.272. The summed E-state index contributed by atoms with van der Waals surface area (Å²) in [4.78, 5) is 11.2. The smallest absolute Gasteiger partial charge is 0.364 e. The van der Waals surface area contributed by atoms with Crippen molar-refractivity contribution in [3.05, 3.63) is 0 Å². The summed E-state index contributed by atoms with van der Waals surface area (Å²) in [7, 11) is 0. The molecule has 1 rings (SSSR count). The van der Waals surface area contributed by atoms with E-state index >= 15 is 0 Å². The van der Waals surface area contributed by atoms with E-state index in [-0.39, 0.29) is 6.42 Å². The first-order valence-corrected chi connectivity index (χ1v) is 6.24. The van der Waals surface area contributed by atoms with E-state index in [4.69, 9.17) is 20.7 Å². The van der Waals surface area contributed by atoms with Crippen LogP contribution in [-0.4, -0.2) is 79.5 Å². The molecule has 7 atom stereocenters. The van der Waals surface area contributed by atoms with Crippen molar-refractivity contribution in [2.24, 2.45) is 11.7 Å². The summed E-state index contributed by atoms with van der Waals surface area (Å²) in [5, 5.41) is 57.1. The summed E-state index contributed by atoms with van der Waals surface area (Å²) in [6.07, 6.45) is -6.33. The highest BCUT2D eigenvalue weighted by atomic mass is 16.7. The second kappa shape index (κ2) is 6.31. The van der Waals surface area contributed by atoms with Crippen molar-refractivity contribution in [1.29, 1.82) is 0 Å². The summed E-state index contributed by atoms with van der Waals surface area (Å²) in [6.45, 7) is 0.726. The van der Waals surface area contributed by atoms with Gasteiger partial charge in [-0.25, -0.2) is 4.79 Å². The Labute approximate surface area is 115 Å². The molecule has 1 fully saturated rings. The number of ether oxygens (including phenoxy) is 1.